The van der Waals surface area contributed by atoms with Crippen molar-refractivity contribution in [3.63, 3.8) is 0 Å². The largest absolute Gasteiger partial charge is 0.451 e. The van der Waals surface area contributed by atoms with E-state index in [1.165, 1.54) is 11.3 Å². The Morgan fingerprint density at radius 2 is 2.00 bits per heavy atom. The second-order valence-electron chi connectivity index (χ2n) is 4.80. The fourth-order valence-electron chi connectivity index (χ4n) is 1.90. The maximum Gasteiger partial charge on any atom is 0.451 e. The molecule has 124 valence electrons. The molecular formula is C13H13F3N4O2S. The Morgan fingerprint density at radius 3 is 2.52 bits per heavy atom. The van der Waals surface area contributed by atoms with Gasteiger partial charge >= 0.3 is 6.18 Å². The Kier molecular flexibility index (Phi) is 4.83. The highest BCUT2D eigenvalue weighted by Crippen LogP contribution is 2.26. The highest BCUT2D eigenvalue weighted by Gasteiger charge is 2.35. The molecule has 0 unspecified atom stereocenters. The number of anilines is 1. The van der Waals surface area contributed by atoms with E-state index in [-0.39, 0.29) is 18.6 Å². The second-order valence-corrected chi connectivity index (χ2v) is 6.26. The van der Waals surface area contributed by atoms with Crippen molar-refractivity contribution in [1.29, 1.82) is 0 Å². The van der Waals surface area contributed by atoms with Crippen LogP contribution in [0, 0.1) is 13.8 Å². The van der Waals surface area contributed by atoms with Crippen LogP contribution in [-0.4, -0.2) is 26.9 Å². The van der Waals surface area contributed by atoms with E-state index >= 15 is 0 Å². The molecule has 1 amide bonds. The Labute approximate surface area is 133 Å². The SMILES string of the molecule is Cc1cc(C(=O)CCC(=O)Nc2n[nH]c(C(F)(F)F)n2)c(C)s1. The number of ketones is 1. The minimum absolute atomic E-state index is 0.0423. The summed E-state index contributed by atoms with van der Waals surface area (Å²) in [5.41, 5.74) is 0.567. The fourth-order valence-corrected chi connectivity index (χ4v) is 2.84. The molecule has 0 saturated heterocycles. The summed E-state index contributed by atoms with van der Waals surface area (Å²) < 4.78 is 37.0. The van der Waals surface area contributed by atoms with Gasteiger partial charge in [0, 0.05) is 28.2 Å². The van der Waals surface area contributed by atoms with Crippen molar-refractivity contribution < 1.29 is 22.8 Å². The van der Waals surface area contributed by atoms with Crippen LogP contribution in [0.1, 0.15) is 38.8 Å². The van der Waals surface area contributed by atoms with E-state index in [1.807, 2.05) is 13.8 Å². The number of rotatable bonds is 5. The van der Waals surface area contributed by atoms with Gasteiger partial charge in [0.2, 0.25) is 17.7 Å². The first-order valence-electron chi connectivity index (χ1n) is 6.56. The lowest BCUT2D eigenvalue weighted by Crippen LogP contribution is -2.15. The molecule has 10 heteroatoms. The first kappa shape index (κ1) is 17.1. The molecule has 6 nitrogen and oxygen atoms in total. The number of H-pyrrole nitrogens is 1. The zero-order chi connectivity index (χ0) is 17.2. The number of amides is 1. The molecule has 0 aliphatic rings. The molecule has 0 spiro atoms. The van der Waals surface area contributed by atoms with Crippen molar-refractivity contribution in [1.82, 2.24) is 15.2 Å². The summed E-state index contributed by atoms with van der Waals surface area (Å²) in [5, 5.41) is 7.06. The van der Waals surface area contributed by atoms with Gasteiger partial charge in [0.1, 0.15) is 0 Å². The molecule has 2 N–H and O–H groups in total. The van der Waals surface area contributed by atoms with Crippen LogP contribution in [0.25, 0.3) is 0 Å². The molecule has 23 heavy (non-hydrogen) atoms. The second kappa shape index (κ2) is 6.49. The molecule has 0 aromatic carbocycles. The van der Waals surface area contributed by atoms with Crippen LogP contribution in [0.15, 0.2) is 6.07 Å². The van der Waals surface area contributed by atoms with Crippen molar-refractivity contribution in [3.05, 3.63) is 27.2 Å². The van der Waals surface area contributed by atoms with Gasteiger partial charge in [-0.05, 0) is 19.9 Å². The highest BCUT2D eigenvalue weighted by molar-refractivity contribution is 7.12. The Hall–Kier alpha value is -2.23. The molecule has 2 aromatic heterocycles. The molecule has 0 fully saturated rings. The van der Waals surface area contributed by atoms with E-state index in [9.17, 15) is 22.8 Å². The molecule has 0 atom stereocenters. The average molecular weight is 346 g/mol. The third kappa shape index (κ3) is 4.38. The van der Waals surface area contributed by atoms with Crippen molar-refractivity contribution in [2.24, 2.45) is 0 Å². The predicted octanol–water partition coefficient (Wildman–Crippen LogP) is 3.10. The van der Waals surface area contributed by atoms with E-state index in [0.717, 1.165) is 9.75 Å². The number of carbonyl (C=O) groups is 2. The summed E-state index contributed by atoms with van der Waals surface area (Å²) in [6, 6.07) is 1.76. The average Bonchev–Trinajstić information content (AvgIpc) is 3.02. The Morgan fingerprint density at radius 1 is 1.30 bits per heavy atom. The predicted molar refractivity (Wildman–Crippen MR) is 77.4 cm³/mol. The summed E-state index contributed by atoms with van der Waals surface area (Å²) in [4.78, 5) is 28.7. The van der Waals surface area contributed by atoms with Crippen LogP contribution in [0.5, 0.6) is 0 Å². The Balaban J connectivity index is 1.89. The van der Waals surface area contributed by atoms with Gasteiger partial charge in [0.25, 0.3) is 0 Å². The molecule has 0 saturated carbocycles. The lowest BCUT2D eigenvalue weighted by Gasteiger charge is -2.01. The monoisotopic (exact) mass is 346 g/mol. The van der Waals surface area contributed by atoms with Gasteiger partial charge in [-0.25, -0.2) is 0 Å². The third-order valence-electron chi connectivity index (χ3n) is 2.93. The summed E-state index contributed by atoms with van der Waals surface area (Å²) in [6.45, 7) is 3.69. The molecule has 2 heterocycles. The minimum atomic E-state index is -4.67. The molecule has 2 aromatic rings. The van der Waals surface area contributed by atoms with E-state index in [4.69, 9.17) is 0 Å². The Bertz CT molecular complexity index is 736. The maximum absolute atomic E-state index is 12.3. The van der Waals surface area contributed by atoms with Crippen molar-refractivity contribution >= 4 is 29.0 Å². The van der Waals surface area contributed by atoms with E-state index in [2.05, 4.69) is 15.4 Å². The first-order valence-corrected chi connectivity index (χ1v) is 7.38. The van der Waals surface area contributed by atoms with Crippen LogP contribution in [0.4, 0.5) is 19.1 Å². The number of aromatic nitrogens is 3. The molecule has 0 bridgehead atoms. The van der Waals surface area contributed by atoms with Gasteiger partial charge in [-0.15, -0.1) is 16.4 Å². The van der Waals surface area contributed by atoms with Crippen LogP contribution in [0.2, 0.25) is 0 Å². The highest BCUT2D eigenvalue weighted by atomic mass is 32.1. The van der Waals surface area contributed by atoms with Crippen LogP contribution < -0.4 is 5.32 Å². The molecule has 0 radical (unpaired) electrons. The number of thiophene rings is 1. The fraction of sp³-hybridized carbons (Fsp3) is 0.385. The molecule has 0 aliphatic carbocycles. The number of aryl methyl sites for hydroxylation is 2. The normalized spacial score (nSPS) is 11.5. The maximum atomic E-state index is 12.3. The van der Waals surface area contributed by atoms with Crippen molar-refractivity contribution in [2.75, 3.05) is 5.32 Å². The molecular weight excluding hydrogens is 333 g/mol. The van der Waals surface area contributed by atoms with Gasteiger partial charge in [0.15, 0.2) is 5.78 Å². The lowest BCUT2D eigenvalue weighted by molar-refractivity contribution is -0.144. The molecule has 2 rings (SSSR count). The summed E-state index contributed by atoms with van der Waals surface area (Å²) in [5.74, 6) is -2.59. The molecule has 0 aliphatic heterocycles. The standard InChI is InChI=1S/C13H13F3N4O2S/c1-6-5-8(7(2)23-6)9(21)3-4-10(22)17-12-18-11(19-20-12)13(14,15)16/h5H,3-4H2,1-2H3,(H2,17,18,19,20,22). The number of aromatic amines is 1. The van der Waals surface area contributed by atoms with E-state index < -0.39 is 23.9 Å². The smallest absolute Gasteiger partial charge is 0.294 e. The van der Waals surface area contributed by atoms with Gasteiger partial charge < -0.3 is 0 Å². The first-order chi connectivity index (χ1) is 10.7. The van der Waals surface area contributed by atoms with Gasteiger partial charge in [-0.1, -0.05) is 0 Å². The number of hydrogen-bond donors (Lipinski definition) is 2. The number of hydrogen-bond acceptors (Lipinski definition) is 5. The number of Topliss-reactive ketones (excluding diaryl/α,β-unsaturated/α-hetero) is 1. The van der Waals surface area contributed by atoms with Crippen molar-refractivity contribution in [3.8, 4) is 0 Å². The van der Waals surface area contributed by atoms with Crippen LogP contribution in [-0.2, 0) is 11.0 Å². The summed E-state index contributed by atoms with van der Waals surface area (Å²) >= 11 is 1.49. The van der Waals surface area contributed by atoms with Crippen LogP contribution in [0.3, 0.4) is 0 Å². The number of nitrogens with one attached hydrogen (secondary N) is 2. The number of alkyl halides is 3. The summed E-state index contributed by atoms with van der Waals surface area (Å²) in [7, 11) is 0. The van der Waals surface area contributed by atoms with E-state index in [1.54, 1.807) is 11.2 Å². The number of carbonyl (C=O) groups excluding carboxylic acids is 2. The van der Waals surface area contributed by atoms with E-state index in [0.29, 0.717) is 5.56 Å². The van der Waals surface area contributed by atoms with Gasteiger partial charge in [-0.3, -0.25) is 20.0 Å². The topological polar surface area (TPSA) is 87.7 Å². The zero-order valence-electron chi connectivity index (χ0n) is 12.2. The zero-order valence-corrected chi connectivity index (χ0v) is 13.1. The summed E-state index contributed by atoms with van der Waals surface area (Å²) in [6.07, 6.45) is -4.87. The minimum Gasteiger partial charge on any atom is -0.294 e. The lowest BCUT2D eigenvalue weighted by atomic mass is 10.1. The van der Waals surface area contributed by atoms with Gasteiger partial charge in [-0.2, -0.15) is 18.2 Å². The van der Waals surface area contributed by atoms with Crippen LogP contribution >= 0.6 is 11.3 Å². The quantitative estimate of drug-likeness (QED) is 0.815. The number of nitrogens with zero attached hydrogens (tertiary/aromatic N) is 2. The third-order valence-corrected chi connectivity index (χ3v) is 3.89. The van der Waals surface area contributed by atoms with Gasteiger partial charge in [0.05, 0.1) is 0 Å². The number of halogens is 3. The van der Waals surface area contributed by atoms with Crippen molar-refractivity contribution in [2.45, 2.75) is 32.9 Å².